The molecule has 0 saturated carbocycles. The van der Waals surface area contributed by atoms with Crippen LogP contribution in [0.4, 0.5) is 19.0 Å². The third-order valence-electron chi connectivity index (χ3n) is 3.44. The van der Waals surface area contributed by atoms with Gasteiger partial charge in [-0.25, -0.2) is 9.97 Å². The summed E-state index contributed by atoms with van der Waals surface area (Å²) in [6.45, 7) is 3.18. The second-order valence-corrected chi connectivity index (χ2v) is 6.06. The topological polar surface area (TPSA) is 93.2 Å². The molecule has 7 nitrogen and oxygen atoms in total. The molecule has 2 N–H and O–H groups in total. The average Bonchev–Trinajstić information content (AvgIpc) is 2.58. The van der Waals surface area contributed by atoms with E-state index in [4.69, 9.17) is 0 Å². The molecule has 0 aliphatic carbocycles. The molecule has 2 aromatic heterocycles. The maximum absolute atomic E-state index is 12.5. The van der Waals surface area contributed by atoms with E-state index in [0.717, 1.165) is 0 Å². The number of hydrogen-bond acceptors (Lipinski definition) is 5. The number of carbonyl (C=O) groups excluding carboxylic acids is 2. The van der Waals surface area contributed by atoms with Gasteiger partial charge in [0.2, 0.25) is 11.8 Å². The Bertz CT molecular complexity index is 871. The molecule has 1 atom stereocenters. The number of anilines is 1. The summed E-state index contributed by atoms with van der Waals surface area (Å²) in [7, 11) is 0. The van der Waals surface area contributed by atoms with E-state index in [1.165, 1.54) is 25.1 Å². The summed E-state index contributed by atoms with van der Waals surface area (Å²) < 4.78 is 41.4. The number of nitrogens with one attached hydrogen (secondary N) is 2. The van der Waals surface area contributed by atoms with Gasteiger partial charge >= 0.3 is 6.18 Å². The quantitative estimate of drug-likeness (QED) is 0.782. The molecule has 0 bridgehead atoms. The lowest BCUT2D eigenvalue weighted by Crippen LogP contribution is -2.28. The standard InChI is InChI=1S/C18H19F3N4O3/c1-10-7-13(8-15(22-10)24-12(3)26)17(27)23-11(2)14-5-4-6-16(25-14)28-9-18(19,20)21/h4-8,11H,9H2,1-3H3,(H,23,27)(H,22,24,26). The van der Waals surface area contributed by atoms with E-state index >= 15 is 0 Å². The van der Waals surface area contributed by atoms with Crippen LogP contribution in [-0.4, -0.2) is 34.6 Å². The maximum atomic E-state index is 12.5. The van der Waals surface area contributed by atoms with E-state index in [2.05, 4.69) is 25.3 Å². The van der Waals surface area contributed by atoms with Crippen LogP contribution in [0.2, 0.25) is 0 Å². The van der Waals surface area contributed by atoms with Gasteiger partial charge in [0, 0.05) is 24.2 Å². The molecule has 0 saturated heterocycles. The van der Waals surface area contributed by atoms with Gasteiger partial charge in [0.1, 0.15) is 5.82 Å². The molecule has 2 aromatic rings. The fourth-order valence-electron chi connectivity index (χ4n) is 2.31. The summed E-state index contributed by atoms with van der Waals surface area (Å²) in [4.78, 5) is 31.8. The number of nitrogens with zero attached hydrogens (tertiary/aromatic N) is 2. The SMILES string of the molecule is CC(=O)Nc1cc(C(=O)NC(C)c2cccc(OCC(F)(F)F)n2)cc(C)n1. The normalized spacial score (nSPS) is 12.2. The number of amides is 2. The molecule has 28 heavy (non-hydrogen) atoms. The van der Waals surface area contributed by atoms with Crippen LogP contribution in [0, 0.1) is 6.92 Å². The lowest BCUT2D eigenvalue weighted by molar-refractivity contribution is -0.154. The van der Waals surface area contributed by atoms with E-state index < -0.39 is 24.7 Å². The molecule has 0 aromatic carbocycles. The van der Waals surface area contributed by atoms with E-state index in [0.29, 0.717) is 11.4 Å². The minimum absolute atomic E-state index is 0.191. The molecular formula is C18H19F3N4O3. The van der Waals surface area contributed by atoms with Gasteiger partial charge in [-0.3, -0.25) is 9.59 Å². The van der Waals surface area contributed by atoms with Gasteiger partial charge in [0.05, 0.1) is 11.7 Å². The molecule has 0 aliphatic rings. The third-order valence-corrected chi connectivity index (χ3v) is 3.44. The Kier molecular flexibility index (Phi) is 6.55. The number of hydrogen-bond donors (Lipinski definition) is 2. The Labute approximate surface area is 159 Å². The molecule has 0 radical (unpaired) electrons. The van der Waals surface area contributed by atoms with Gasteiger partial charge in [-0.1, -0.05) is 6.07 Å². The van der Waals surface area contributed by atoms with Crippen molar-refractivity contribution < 1.29 is 27.5 Å². The summed E-state index contributed by atoms with van der Waals surface area (Å²) in [6.07, 6.45) is -4.47. The van der Waals surface area contributed by atoms with E-state index in [1.807, 2.05) is 0 Å². The fourth-order valence-corrected chi connectivity index (χ4v) is 2.31. The zero-order chi connectivity index (χ0) is 20.9. The van der Waals surface area contributed by atoms with Crippen LogP contribution < -0.4 is 15.4 Å². The van der Waals surface area contributed by atoms with Crippen LogP contribution in [-0.2, 0) is 4.79 Å². The molecule has 2 heterocycles. The first-order chi connectivity index (χ1) is 13.0. The maximum Gasteiger partial charge on any atom is 0.422 e. The van der Waals surface area contributed by atoms with Crippen LogP contribution in [0.3, 0.4) is 0 Å². The molecule has 150 valence electrons. The van der Waals surface area contributed by atoms with Crippen molar-refractivity contribution in [3.05, 3.63) is 47.3 Å². The highest BCUT2D eigenvalue weighted by Gasteiger charge is 2.28. The lowest BCUT2D eigenvalue weighted by atomic mass is 10.1. The minimum atomic E-state index is -4.47. The average molecular weight is 396 g/mol. The Hall–Kier alpha value is -3.17. The number of carbonyl (C=O) groups is 2. The highest BCUT2D eigenvalue weighted by atomic mass is 19.4. The second-order valence-electron chi connectivity index (χ2n) is 6.06. The van der Waals surface area contributed by atoms with E-state index in [-0.39, 0.29) is 23.2 Å². The number of aryl methyl sites for hydroxylation is 1. The van der Waals surface area contributed by atoms with Crippen LogP contribution in [0.5, 0.6) is 5.88 Å². The Morgan fingerprint density at radius 2 is 1.93 bits per heavy atom. The number of rotatable bonds is 6. The predicted molar refractivity (Wildman–Crippen MR) is 94.9 cm³/mol. The number of pyridine rings is 2. The number of ether oxygens (including phenoxy) is 1. The summed E-state index contributed by atoms with van der Waals surface area (Å²) >= 11 is 0. The summed E-state index contributed by atoms with van der Waals surface area (Å²) in [5.74, 6) is -0.722. The van der Waals surface area contributed by atoms with Crippen molar-refractivity contribution in [2.45, 2.75) is 33.0 Å². The highest BCUT2D eigenvalue weighted by molar-refractivity contribution is 5.96. The minimum Gasteiger partial charge on any atom is -0.468 e. The number of aromatic nitrogens is 2. The summed E-state index contributed by atoms with van der Waals surface area (Å²) in [5.41, 5.74) is 1.14. The van der Waals surface area contributed by atoms with Crippen molar-refractivity contribution in [2.75, 3.05) is 11.9 Å². The van der Waals surface area contributed by atoms with Crippen LogP contribution in [0.15, 0.2) is 30.3 Å². The third kappa shape index (κ3) is 6.53. The smallest absolute Gasteiger partial charge is 0.422 e. The molecule has 0 fully saturated rings. The van der Waals surface area contributed by atoms with Gasteiger partial charge in [0.25, 0.3) is 5.91 Å². The van der Waals surface area contributed by atoms with Crippen molar-refractivity contribution in [3.8, 4) is 5.88 Å². The highest BCUT2D eigenvalue weighted by Crippen LogP contribution is 2.19. The molecule has 2 amide bonds. The molecule has 10 heteroatoms. The van der Waals surface area contributed by atoms with Gasteiger partial charge in [0.15, 0.2) is 6.61 Å². The van der Waals surface area contributed by atoms with Gasteiger partial charge in [-0.2, -0.15) is 13.2 Å². The zero-order valence-electron chi connectivity index (χ0n) is 15.4. The van der Waals surface area contributed by atoms with Crippen molar-refractivity contribution in [2.24, 2.45) is 0 Å². The van der Waals surface area contributed by atoms with Crippen molar-refractivity contribution >= 4 is 17.6 Å². The fraction of sp³-hybridized carbons (Fsp3) is 0.333. The molecule has 1 unspecified atom stereocenters. The first kappa shape index (κ1) is 21.1. The Morgan fingerprint density at radius 1 is 1.21 bits per heavy atom. The summed E-state index contributed by atoms with van der Waals surface area (Å²) in [6, 6.07) is 6.72. The van der Waals surface area contributed by atoms with Crippen LogP contribution >= 0.6 is 0 Å². The lowest BCUT2D eigenvalue weighted by Gasteiger charge is -2.15. The van der Waals surface area contributed by atoms with Gasteiger partial charge < -0.3 is 15.4 Å². The monoisotopic (exact) mass is 396 g/mol. The second kappa shape index (κ2) is 8.68. The number of halogens is 3. The van der Waals surface area contributed by atoms with E-state index in [1.54, 1.807) is 26.0 Å². The summed E-state index contributed by atoms with van der Waals surface area (Å²) in [5, 5.41) is 5.21. The molecule has 0 aliphatic heterocycles. The van der Waals surface area contributed by atoms with Gasteiger partial charge in [-0.15, -0.1) is 0 Å². The van der Waals surface area contributed by atoms with Crippen LogP contribution in [0.1, 0.15) is 41.6 Å². The first-order valence-corrected chi connectivity index (χ1v) is 8.27. The van der Waals surface area contributed by atoms with Crippen molar-refractivity contribution in [3.63, 3.8) is 0 Å². The van der Waals surface area contributed by atoms with E-state index in [9.17, 15) is 22.8 Å². The van der Waals surface area contributed by atoms with Gasteiger partial charge in [-0.05, 0) is 32.0 Å². The number of alkyl halides is 3. The predicted octanol–water partition coefficient (Wildman–Crippen LogP) is 3.18. The van der Waals surface area contributed by atoms with Crippen LogP contribution in [0.25, 0.3) is 0 Å². The van der Waals surface area contributed by atoms with Crippen molar-refractivity contribution in [1.82, 2.24) is 15.3 Å². The molecular weight excluding hydrogens is 377 g/mol. The molecule has 2 rings (SSSR count). The Balaban J connectivity index is 2.10. The molecule has 0 spiro atoms. The first-order valence-electron chi connectivity index (χ1n) is 8.27. The Morgan fingerprint density at radius 3 is 2.57 bits per heavy atom. The van der Waals surface area contributed by atoms with Crippen molar-refractivity contribution in [1.29, 1.82) is 0 Å². The zero-order valence-corrected chi connectivity index (χ0v) is 15.4. The largest absolute Gasteiger partial charge is 0.468 e.